The van der Waals surface area contributed by atoms with Crippen LogP contribution in [0.15, 0.2) is 52.9 Å². The average molecular weight is 448 g/mol. The molecule has 0 spiro atoms. The normalized spacial score (nSPS) is 10.9. The lowest BCUT2D eigenvalue weighted by Crippen LogP contribution is -2.07. The van der Waals surface area contributed by atoms with Crippen molar-refractivity contribution in [3.8, 4) is 5.75 Å². The lowest BCUT2D eigenvalue weighted by atomic mass is 10.2. The molecule has 2 aromatic carbocycles. The molecule has 3 rings (SSSR count). The van der Waals surface area contributed by atoms with Gasteiger partial charge in [-0.05, 0) is 48.9 Å². The Morgan fingerprint density at radius 1 is 1.30 bits per heavy atom. The van der Waals surface area contributed by atoms with E-state index < -0.39 is 0 Å². The maximum absolute atomic E-state index is 13.1. The van der Waals surface area contributed by atoms with E-state index in [1.807, 2.05) is 12.1 Å². The van der Waals surface area contributed by atoms with E-state index in [9.17, 15) is 9.18 Å². The first-order valence-electron chi connectivity index (χ1n) is 9.09. The van der Waals surface area contributed by atoms with Crippen LogP contribution in [0, 0.1) is 5.82 Å². The van der Waals surface area contributed by atoms with Gasteiger partial charge < -0.3 is 9.47 Å². The first-order valence-corrected chi connectivity index (χ1v) is 10.3. The van der Waals surface area contributed by atoms with Crippen LogP contribution in [0.4, 0.5) is 9.52 Å². The first-order chi connectivity index (χ1) is 14.5. The summed E-state index contributed by atoms with van der Waals surface area (Å²) in [6.07, 6.45) is 1.79. The van der Waals surface area contributed by atoms with E-state index in [1.165, 1.54) is 23.5 Å². The SMILES string of the molecule is CCOC(=O)Cc1csc(NN=Cc2ccc(OCc3ccc(F)cc3Cl)cc2)n1. The summed E-state index contributed by atoms with van der Waals surface area (Å²) in [7, 11) is 0. The van der Waals surface area contributed by atoms with Crippen LogP contribution in [0.3, 0.4) is 0 Å². The van der Waals surface area contributed by atoms with Gasteiger partial charge in [0.15, 0.2) is 0 Å². The van der Waals surface area contributed by atoms with Crippen LogP contribution in [0.1, 0.15) is 23.7 Å². The number of carbonyl (C=O) groups is 1. The van der Waals surface area contributed by atoms with Crippen molar-refractivity contribution >= 4 is 40.3 Å². The Hall–Kier alpha value is -2.97. The van der Waals surface area contributed by atoms with Gasteiger partial charge in [-0.25, -0.2) is 9.37 Å². The third-order valence-electron chi connectivity index (χ3n) is 3.85. The number of carbonyl (C=O) groups excluding carboxylic acids is 1. The molecule has 0 radical (unpaired) electrons. The second-order valence-corrected chi connectivity index (χ2v) is 7.35. The summed E-state index contributed by atoms with van der Waals surface area (Å²) in [5, 5.41) is 6.85. The number of nitrogens with one attached hydrogen (secondary N) is 1. The van der Waals surface area contributed by atoms with Crippen LogP contribution in [0.5, 0.6) is 5.75 Å². The Bertz CT molecular complexity index is 1020. The highest BCUT2D eigenvalue weighted by atomic mass is 35.5. The zero-order chi connectivity index (χ0) is 21.3. The van der Waals surface area contributed by atoms with Crippen LogP contribution in [-0.4, -0.2) is 23.8 Å². The first kappa shape index (κ1) is 21.7. The highest BCUT2D eigenvalue weighted by Gasteiger charge is 2.08. The Kier molecular flexibility index (Phi) is 7.75. The van der Waals surface area contributed by atoms with Gasteiger partial charge in [-0.15, -0.1) is 11.3 Å². The lowest BCUT2D eigenvalue weighted by Gasteiger charge is -2.08. The molecule has 0 aliphatic rings. The van der Waals surface area contributed by atoms with Crippen LogP contribution in [0.2, 0.25) is 5.02 Å². The molecule has 0 aliphatic carbocycles. The molecule has 1 heterocycles. The Morgan fingerprint density at radius 3 is 2.83 bits per heavy atom. The standard InChI is InChI=1S/C21H19ClFN3O3S/c1-2-28-20(27)10-17-13-30-21(25-17)26-24-11-14-3-7-18(8-4-14)29-12-15-5-6-16(23)9-19(15)22/h3-9,11,13H,2,10,12H2,1H3,(H,25,26). The second-order valence-electron chi connectivity index (χ2n) is 6.09. The Balaban J connectivity index is 1.49. The van der Waals surface area contributed by atoms with E-state index in [4.69, 9.17) is 21.1 Å². The molecule has 6 nitrogen and oxygen atoms in total. The molecule has 0 fully saturated rings. The number of halogens is 2. The molecule has 0 bridgehead atoms. The minimum atomic E-state index is -0.381. The molecule has 3 aromatic rings. The van der Waals surface area contributed by atoms with Gasteiger partial charge in [0.1, 0.15) is 18.2 Å². The maximum atomic E-state index is 13.1. The zero-order valence-corrected chi connectivity index (χ0v) is 17.7. The fourth-order valence-electron chi connectivity index (χ4n) is 2.41. The van der Waals surface area contributed by atoms with E-state index in [1.54, 1.807) is 36.7 Å². The number of benzene rings is 2. The Labute approximate surface area is 182 Å². The summed E-state index contributed by atoms with van der Waals surface area (Å²) in [5.41, 5.74) is 5.04. The minimum absolute atomic E-state index is 0.139. The number of esters is 1. The third-order valence-corrected chi connectivity index (χ3v) is 4.99. The molecule has 0 unspecified atom stereocenters. The molecule has 0 amide bonds. The number of nitrogens with zero attached hydrogens (tertiary/aromatic N) is 2. The molecule has 0 saturated heterocycles. The van der Waals surface area contributed by atoms with Gasteiger partial charge in [0.2, 0.25) is 5.13 Å². The summed E-state index contributed by atoms with van der Waals surface area (Å²) in [5.74, 6) is -0.0279. The van der Waals surface area contributed by atoms with Crippen LogP contribution >= 0.6 is 22.9 Å². The highest BCUT2D eigenvalue weighted by molar-refractivity contribution is 7.13. The van der Waals surface area contributed by atoms with Crippen molar-refractivity contribution in [2.75, 3.05) is 12.0 Å². The summed E-state index contributed by atoms with van der Waals surface area (Å²) in [6.45, 7) is 2.36. The van der Waals surface area contributed by atoms with Gasteiger partial charge in [-0.3, -0.25) is 10.2 Å². The molecule has 1 aromatic heterocycles. The summed E-state index contributed by atoms with van der Waals surface area (Å²) < 4.78 is 23.7. The van der Waals surface area contributed by atoms with Crippen molar-refractivity contribution in [3.05, 3.63) is 75.5 Å². The van der Waals surface area contributed by atoms with E-state index in [0.717, 1.165) is 5.56 Å². The van der Waals surface area contributed by atoms with Crippen LogP contribution in [0.25, 0.3) is 0 Å². The summed E-state index contributed by atoms with van der Waals surface area (Å²) in [4.78, 5) is 15.7. The number of rotatable bonds is 9. The zero-order valence-electron chi connectivity index (χ0n) is 16.1. The largest absolute Gasteiger partial charge is 0.489 e. The monoisotopic (exact) mass is 447 g/mol. The van der Waals surface area contributed by atoms with Crippen molar-refractivity contribution in [1.29, 1.82) is 0 Å². The molecule has 156 valence electrons. The van der Waals surface area contributed by atoms with Gasteiger partial charge >= 0.3 is 5.97 Å². The second kappa shape index (κ2) is 10.7. The van der Waals surface area contributed by atoms with Gasteiger partial charge in [-0.1, -0.05) is 17.7 Å². The van der Waals surface area contributed by atoms with Gasteiger partial charge in [0.05, 0.1) is 30.0 Å². The van der Waals surface area contributed by atoms with Crippen molar-refractivity contribution in [2.24, 2.45) is 5.10 Å². The number of aromatic nitrogens is 1. The topological polar surface area (TPSA) is 72.8 Å². The van der Waals surface area contributed by atoms with Gasteiger partial charge in [-0.2, -0.15) is 5.10 Å². The number of thiazole rings is 1. The molecule has 0 saturated carbocycles. The van der Waals surface area contributed by atoms with E-state index in [-0.39, 0.29) is 24.8 Å². The van der Waals surface area contributed by atoms with E-state index in [0.29, 0.717) is 33.8 Å². The molecule has 0 aliphatic heterocycles. The number of hydrazone groups is 1. The summed E-state index contributed by atoms with van der Waals surface area (Å²) >= 11 is 7.35. The van der Waals surface area contributed by atoms with Crippen molar-refractivity contribution in [2.45, 2.75) is 20.0 Å². The third kappa shape index (κ3) is 6.53. The van der Waals surface area contributed by atoms with Gasteiger partial charge in [0, 0.05) is 10.9 Å². The molecule has 30 heavy (non-hydrogen) atoms. The molecular formula is C21H19ClFN3O3S. The van der Waals surface area contributed by atoms with Gasteiger partial charge in [0.25, 0.3) is 0 Å². The number of anilines is 1. The predicted octanol–water partition coefficient (Wildman–Crippen LogP) is 5.07. The van der Waals surface area contributed by atoms with Crippen molar-refractivity contribution < 1.29 is 18.7 Å². The predicted molar refractivity (Wildman–Crippen MR) is 116 cm³/mol. The fourth-order valence-corrected chi connectivity index (χ4v) is 3.29. The minimum Gasteiger partial charge on any atom is -0.489 e. The van der Waals surface area contributed by atoms with Crippen molar-refractivity contribution in [3.63, 3.8) is 0 Å². The molecule has 9 heteroatoms. The number of ether oxygens (including phenoxy) is 2. The number of hydrogen-bond acceptors (Lipinski definition) is 7. The maximum Gasteiger partial charge on any atom is 0.311 e. The average Bonchev–Trinajstić information content (AvgIpc) is 3.15. The molecule has 0 atom stereocenters. The smallest absolute Gasteiger partial charge is 0.311 e. The number of hydrogen-bond donors (Lipinski definition) is 1. The highest BCUT2D eigenvalue weighted by Crippen LogP contribution is 2.20. The van der Waals surface area contributed by atoms with Crippen LogP contribution in [-0.2, 0) is 22.6 Å². The molecule has 1 N–H and O–H groups in total. The van der Waals surface area contributed by atoms with Crippen molar-refractivity contribution in [1.82, 2.24) is 4.98 Å². The Morgan fingerprint density at radius 2 is 2.10 bits per heavy atom. The van der Waals surface area contributed by atoms with Crippen LogP contribution < -0.4 is 10.2 Å². The summed E-state index contributed by atoms with van der Waals surface area (Å²) in [6, 6.07) is 11.5. The lowest BCUT2D eigenvalue weighted by molar-refractivity contribution is -0.142. The van der Waals surface area contributed by atoms with E-state index in [2.05, 4.69) is 15.5 Å². The molecular weight excluding hydrogens is 429 g/mol. The van der Waals surface area contributed by atoms with E-state index >= 15 is 0 Å². The quantitative estimate of drug-likeness (QED) is 0.282. The fraction of sp³-hybridized carbons (Fsp3) is 0.190.